The Morgan fingerprint density at radius 2 is 2.00 bits per heavy atom. The summed E-state index contributed by atoms with van der Waals surface area (Å²) in [6, 6.07) is 11.4. The van der Waals surface area contributed by atoms with E-state index in [1.807, 2.05) is 30.3 Å². The first-order valence-electron chi connectivity index (χ1n) is 5.77. The molecular formula is C13H13ClN4O. The van der Waals surface area contributed by atoms with E-state index in [-0.39, 0.29) is 17.7 Å². The molecule has 6 heteroatoms. The summed E-state index contributed by atoms with van der Waals surface area (Å²) in [5.41, 5.74) is 1.06. The first-order chi connectivity index (χ1) is 9.24. The first kappa shape index (κ1) is 13.3. The van der Waals surface area contributed by atoms with Crippen molar-refractivity contribution in [3.8, 4) is 0 Å². The maximum absolute atomic E-state index is 11.6. The van der Waals surface area contributed by atoms with Crippen molar-refractivity contribution < 1.29 is 4.79 Å². The molecule has 0 saturated carbocycles. The molecule has 0 aliphatic rings. The topological polar surface area (TPSA) is 66.9 Å². The van der Waals surface area contributed by atoms with Crippen LogP contribution in [0.5, 0.6) is 0 Å². The Bertz CT molecular complexity index is 547. The molecule has 0 bridgehead atoms. The number of hydrogen-bond donors (Lipinski definition) is 2. The highest BCUT2D eigenvalue weighted by Gasteiger charge is 2.02. The number of carbonyl (C=O) groups excluding carboxylic acids is 1. The van der Waals surface area contributed by atoms with E-state index in [0.29, 0.717) is 12.4 Å². The van der Waals surface area contributed by atoms with Crippen LogP contribution in [0.2, 0.25) is 5.28 Å². The molecule has 1 heterocycles. The van der Waals surface area contributed by atoms with Gasteiger partial charge in [0.15, 0.2) is 0 Å². The van der Waals surface area contributed by atoms with Crippen molar-refractivity contribution in [2.75, 3.05) is 11.9 Å². The zero-order valence-corrected chi connectivity index (χ0v) is 10.9. The molecule has 0 atom stereocenters. The van der Waals surface area contributed by atoms with E-state index in [4.69, 9.17) is 11.6 Å². The van der Waals surface area contributed by atoms with E-state index in [1.165, 1.54) is 6.20 Å². The van der Waals surface area contributed by atoms with Gasteiger partial charge < -0.3 is 10.6 Å². The largest absolute Gasteiger partial charge is 0.361 e. The second-order valence-electron chi connectivity index (χ2n) is 3.83. The van der Waals surface area contributed by atoms with Gasteiger partial charge in [-0.15, -0.1) is 0 Å². The Morgan fingerprint density at radius 1 is 1.21 bits per heavy atom. The van der Waals surface area contributed by atoms with Crippen LogP contribution in [0.4, 0.5) is 5.82 Å². The number of rotatable bonds is 5. The summed E-state index contributed by atoms with van der Waals surface area (Å²) in [4.78, 5) is 19.3. The van der Waals surface area contributed by atoms with E-state index in [0.717, 1.165) is 5.56 Å². The number of nitrogens with one attached hydrogen (secondary N) is 2. The normalized spacial score (nSPS) is 9.95. The number of halogens is 1. The van der Waals surface area contributed by atoms with E-state index < -0.39 is 0 Å². The third-order valence-electron chi connectivity index (χ3n) is 2.39. The standard InChI is InChI=1S/C13H13ClN4O/c14-13-15-7-6-11(18-13)16-9-12(19)17-8-10-4-2-1-3-5-10/h1-7H,8-9H2,(H,17,19)(H,15,16,18). The van der Waals surface area contributed by atoms with Crippen LogP contribution in [-0.4, -0.2) is 22.4 Å². The molecule has 0 saturated heterocycles. The molecule has 1 amide bonds. The Hall–Kier alpha value is -2.14. The number of aromatic nitrogens is 2. The van der Waals surface area contributed by atoms with Gasteiger partial charge in [-0.3, -0.25) is 4.79 Å². The fourth-order valence-corrected chi connectivity index (χ4v) is 1.61. The number of nitrogens with zero attached hydrogens (tertiary/aromatic N) is 2. The van der Waals surface area contributed by atoms with Crippen molar-refractivity contribution in [2.24, 2.45) is 0 Å². The lowest BCUT2D eigenvalue weighted by atomic mass is 10.2. The first-order valence-corrected chi connectivity index (χ1v) is 6.15. The van der Waals surface area contributed by atoms with E-state index in [2.05, 4.69) is 20.6 Å². The predicted molar refractivity (Wildman–Crippen MR) is 73.8 cm³/mol. The molecule has 0 unspecified atom stereocenters. The summed E-state index contributed by atoms with van der Waals surface area (Å²) in [7, 11) is 0. The van der Waals surface area contributed by atoms with Gasteiger partial charge in [-0.2, -0.15) is 0 Å². The lowest BCUT2D eigenvalue weighted by Crippen LogP contribution is -2.29. The predicted octanol–water partition coefficient (Wildman–Crippen LogP) is 1.86. The zero-order valence-electron chi connectivity index (χ0n) is 10.1. The van der Waals surface area contributed by atoms with Gasteiger partial charge in [-0.1, -0.05) is 30.3 Å². The van der Waals surface area contributed by atoms with Crippen LogP contribution in [0.25, 0.3) is 0 Å². The van der Waals surface area contributed by atoms with Crippen LogP contribution in [0, 0.1) is 0 Å². The SMILES string of the molecule is O=C(CNc1ccnc(Cl)n1)NCc1ccccc1. The molecule has 0 radical (unpaired) electrons. The highest BCUT2D eigenvalue weighted by atomic mass is 35.5. The maximum Gasteiger partial charge on any atom is 0.239 e. The van der Waals surface area contributed by atoms with Gasteiger partial charge >= 0.3 is 0 Å². The van der Waals surface area contributed by atoms with Crippen molar-refractivity contribution in [2.45, 2.75) is 6.54 Å². The Balaban J connectivity index is 1.76. The highest BCUT2D eigenvalue weighted by Crippen LogP contribution is 2.05. The van der Waals surface area contributed by atoms with Crippen molar-refractivity contribution in [3.63, 3.8) is 0 Å². The summed E-state index contributed by atoms with van der Waals surface area (Å²) >= 11 is 5.64. The van der Waals surface area contributed by atoms with Gasteiger partial charge in [0.25, 0.3) is 0 Å². The molecule has 0 fully saturated rings. The van der Waals surface area contributed by atoms with Crippen LogP contribution in [-0.2, 0) is 11.3 Å². The third-order valence-corrected chi connectivity index (χ3v) is 2.57. The Morgan fingerprint density at radius 3 is 2.74 bits per heavy atom. The molecule has 19 heavy (non-hydrogen) atoms. The summed E-state index contributed by atoms with van der Waals surface area (Å²) < 4.78 is 0. The Labute approximate surface area is 116 Å². The third kappa shape index (κ3) is 4.56. The number of carbonyl (C=O) groups is 1. The molecule has 1 aromatic heterocycles. The average Bonchev–Trinajstić information content (AvgIpc) is 2.44. The second kappa shape index (κ2) is 6.70. The molecule has 2 aromatic rings. The number of benzene rings is 1. The summed E-state index contributed by atoms with van der Waals surface area (Å²) in [5.74, 6) is 0.411. The van der Waals surface area contributed by atoms with E-state index in [9.17, 15) is 4.79 Å². The van der Waals surface area contributed by atoms with Crippen LogP contribution in [0.1, 0.15) is 5.56 Å². The molecule has 2 N–H and O–H groups in total. The Kier molecular flexibility index (Phi) is 4.69. The van der Waals surface area contributed by atoms with Crippen LogP contribution >= 0.6 is 11.6 Å². The fraction of sp³-hybridized carbons (Fsp3) is 0.154. The average molecular weight is 277 g/mol. The van der Waals surface area contributed by atoms with Gasteiger partial charge in [0, 0.05) is 12.7 Å². The summed E-state index contributed by atoms with van der Waals surface area (Å²) in [6.07, 6.45) is 1.53. The van der Waals surface area contributed by atoms with Crippen molar-refractivity contribution in [1.82, 2.24) is 15.3 Å². The van der Waals surface area contributed by atoms with Crippen molar-refractivity contribution in [1.29, 1.82) is 0 Å². The number of anilines is 1. The van der Waals surface area contributed by atoms with Crippen molar-refractivity contribution in [3.05, 3.63) is 53.4 Å². The van der Waals surface area contributed by atoms with Gasteiger partial charge in [-0.05, 0) is 23.2 Å². The smallest absolute Gasteiger partial charge is 0.239 e. The molecule has 5 nitrogen and oxygen atoms in total. The van der Waals surface area contributed by atoms with Crippen LogP contribution < -0.4 is 10.6 Å². The molecule has 0 spiro atoms. The highest BCUT2D eigenvalue weighted by molar-refractivity contribution is 6.28. The molecule has 98 valence electrons. The second-order valence-corrected chi connectivity index (χ2v) is 4.16. The van der Waals surface area contributed by atoms with Gasteiger partial charge in [0.05, 0.1) is 6.54 Å². The zero-order chi connectivity index (χ0) is 13.5. The van der Waals surface area contributed by atoms with Gasteiger partial charge in [0.1, 0.15) is 5.82 Å². The summed E-state index contributed by atoms with van der Waals surface area (Å²) in [6.45, 7) is 0.645. The van der Waals surface area contributed by atoms with Gasteiger partial charge in [-0.25, -0.2) is 9.97 Å². The fourth-order valence-electron chi connectivity index (χ4n) is 1.46. The van der Waals surface area contributed by atoms with E-state index in [1.54, 1.807) is 6.07 Å². The van der Waals surface area contributed by atoms with Gasteiger partial charge in [0.2, 0.25) is 11.2 Å². The molecular weight excluding hydrogens is 264 g/mol. The summed E-state index contributed by atoms with van der Waals surface area (Å²) in [5, 5.41) is 5.83. The quantitative estimate of drug-likeness (QED) is 0.818. The monoisotopic (exact) mass is 276 g/mol. The molecule has 0 aliphatic heterocycles. The molecule has 1 aromatic carbocycles. The lowest BCUT2D eigenvalue weighted by molar-refractivity contribution is -0.119. The van der Waals surface area contributed by atoms with E-state index >= 15 is 0 Å². The number of hydrogen-bond acceptors (Lipinski definition) is 4. The minimum atomic E-state index is -0.112. The molecule has 0 aliphatic carbocycles. The minimum Gasteiger partial charge on any atom is -0.361 e. The number of amides is 1. The lowest BCUT2D eigenvalue weighted by Gasteiger charge is -2.07. The van der Waals surface area contributed by atoms with Crippen molar-refractivity contribution >= 4 is 23.3 Å². The minimum absolute atomic E-state index is 0.112. The van der Waals surface area contributed by atoms with Crippen LogP contribution in [0.15, 0.2) is 42.6 Å². The maximum atomic E-state index is 11.6. The van der Waals surface area contributed by atoms with Crippen LogP contribution in [0.3, 0.4) is 0 Å². The molecule has 2 rings (SSSR count).